The fourth-order valence-electron chi connectivity index (χ4n) is 1.69. The van der Waals surface area contributed by atoms with Gasteiger partial charge in [-0.1, -0.05) is 0 Å². The molecule has 98 valence electrons. The Morgan fingerprint density at radius 1 is 1.26 bits per heavy atom. The van der Waals surface area contributed by atoms with Gasteiger partial charge in [-0.2, -0.15) is 0 Å². The number of rotatable bonds is 3. The lowest BCUT2D eigenvalue weighted by Crippen LogP contribution is -2.04. The Labute approximate surface area is 108 Å². The average Bonchev–Trinajstić information content (AvgIpc) is 2.42. The van der Waals surface area contributed by atoms with Crippen LogP contribution in [-0.4, -0.2) is 18.1 Å². The van der Waals surface area contributed by atoms with Crippen molar-refractivity contribution in [2.24, 2.45) is 0 Å². The molecule has 5 heteroatoms. The summed E-state index contributed by atoms with van der Waals surface area (Å²) in [5.41, 5.74) is 0.978. The molecule has 0 atom stereocenters. The van der Waals surface area contributed by atoms with Crippen LogP contribution in [0.5, 0.6) is 0 Å². The van der Waals surface area contributed by atoms with Crippen molar-refractivity contribution in [3.63, 3.8) is 0 Å². The molecule has 0 saturated carbocycles. The summed E-state index contributed by atoms with van der Waals surface area (Å²) in [5.74, 6) is -1.52. The van der Waals surface area contributed by atoms with E-state index in [4.69, 9.17) is 0 Å². The van der Waals surface area contributed by atoms with E-state index in [-0.39, 0.29) is 12.0 Å². The number of pyridine rings is 1. The van der Waals surface area contributed by atoms with E-state index < -0.39 is 17.6 Å². The molecular formula is C14H11F2NO2. The molecule has 1 heterocycles. The van der Waals surface area contributed by atoms with Crippen molar-refractivity contribution in [1.29, 1.82) is 0 Å². The lowest BCUT2D eigenvalue weighted by molar-refractivity contribution is 0.0600. The van der Waals surface area contributed by atoms with Gasteiger partial charge in [0.05, 0.1) is 12.7 Å². The molecule has 0 radical (unpaired) electrons. The highest BCUT2D eigenvalue weighted by molar-refractivity contribution is 5.89. The largest absolute Gasteiger partial charge is 0.465 e. The third kappa shape index (κ3) is 3.13. The fourth-order valence-corrected chi connectivity index (χ4v) is 1.69. The molecule has 2 rings (SSSR count). The third-order valence-corrected chi connectivity index (χ3v) is 2.62. The molecule has 0 aliphatic rings. The number of ether oxygens (including phenoxy) is 1. The van der Waals surface area contributed by atoms with Gasteiger partial charge in [0.2, 0.25) is 0 Å². The van der Waals surface area contributed by atoms with Crippen LogP contribution in [0.15, 0.2) is 36.5 Å². The highest BCUT2D eigenvalue weighted by atomic mass is 19.1. The molecule has 3 nitrogen and oxygen atoms in total. The van der Waals surface area contributed by atoms with Gasteiger partial charge >= 0.3 is 5.97 Å². The summed E-state index contributed by atoms with van der Waals surface area (Å²) in [6, 6.07) is 6.22. The SMILES string of the molecule is COC(=O)c1ccnc(Cc2cc(F)ccc2F)c1. The van der Waals surface area contributed by atoms with E-state index in [2.05, 4.69) is 9.72 Å². The Hall–Kier alpha value is -2.30. The number of aromatic nitrogens is 1. The van der Waals surface area contributed by atoms with Gasteiger partial charge in [-0.15, -0.1) is 0 Å². The van der Waals surface area contributed by atoms with Crippen LogP contribution < -0.4 is 0 Å². The highest BCUT2D eigenvalue weighted by Gasteiger charge is 2.09. The minimum Gasteiger partial charge on any atom is -0.465 e. The van der Waals surface area contributed by atoms with E-state index in [1.165, 1.54) is 25.4 Å². The molecule has 0 bridgehead atoms. The van der Waals surface area contributed by atoms with Gasteiger partial charge in [-0.3, -0.25) is 4.98 Å². The molecule has 0 unspecified atom stereocenters. The maximum absolute atomic E-state index is 13.5. The Balaban J connectivity index is 2.28. The molecular weight excluding hydrogens is 252 g/mol. The molecule has 2 aromatic rings. The van der Waals surface area contributed by atoms with Crippen LogP contribution in [0.4, 0.5) is 8.78 Å². The van der Waals surface area contributed by atoms with Gasteiger partial charge in [0.25, 0.3) is 0 Å². The molecule has 0 saturated heterocycles. The molecule has 19 heavy (non-hydrogen) atoms. The van der Waals surface area contributed by atoms with E-state index >= 15 is 0 Å². The molecule has 0 aliphatic carbocycles. The Morgan fingerprint density at radius 3 is 2.79 bits per heavy atom. The molecule has 0 amide bonds. The summed E-state index contributed by atoms with van der Waals surface area (Å²) < 4.78 is 31.1. The summed E-state index contributed by atoms with van der Waals surface area (Å²) in [6.45, 7) is 0. The zero-order valence-electron chi connectivity index (χ0n) is 10.2. The van der Waals surface area contributed by atoms with E-state index in [9.17, 15) is 13.6 Å². The van der Waals surface area contributed by atoms with Crippen LogP contribution in [0.2, 0.25) is 0 Å². The lowest BCUT2D eigenvalue weighted by atomic mass is 10.1. The summed E-state index contributed by atoms with van der Waals surface area (Å²) in [5, 5.41) is 0. The van der Waals surface area contributed by atoms with Crippen molar-refractivity contribution in [2.75, 3.05) is 7.11 Å². The zero-order chi connectivity index (χ0) is 13.8. The maximum Gasteiger partial charge on any atom is 0.337 e. The van der Waals surface area contributed by atoms with Gasteiger partial charge in [0.15, 0.2) is 0 Å². The first-order valence-corrected chi connectivity index (χ1v) is 5.57. The van der Waals surface area contributed by atoms with E-state index in [0.29, 0.717) is 11.3 Å². The number of carbonyl (C=O) groups excluding carboxylic acids is 1. The summed E-state index contributed by atoms with van der Waals surface area (Å²) in [4.78, 5) is 15.4. The predicted octanol–water partition coefficient (Wildman–Crippen LogP) is 2.74. The molecule has 0 aliphatic heterocycles. The van der Waals surface area contributed by atoms with Crippen LogP contribution in [0.1, 0.15) is 21.6 Å². The predicted molar refractivity (Wildman–Crippen MR) is 64.7 cm³/mol. The van der Waals surface area contributed by atoms with Crippen LogP contribution in [0.3, 0.4) is 0 Å². The average molecular weight is 263 g/mol. The summed E-state index contributed by atoms with van der Waals surface area (Å²) in [7, 11) is 1.27. The second-order valence-electron chi connectivity index (χ2n) is 3.94. The molecule has 1 aromatic carbocycles. The van der Waals surface area contributed by atoms with E-state index in [0.717, 1.165) is 18.2 Å². The second-order valence-corrected chi connectivity index (χ2v) is 3.94. The number of hydrogen-bond donors (Lipinski definition) is 0. The summed E-state index contributed by atoms with van der Waals surface area (Å²) in [6.07, 6.45) is 1.53. The third-order valence-electron chi connectivity index (χ3n) is 2.62. The zero-order valence-corrected chi connectivity index (χ0v) is 10.2. The Kier molecular flexibility index (Phi) is 3.85. The van der Waals surface area contributed by atoms with Crippen LogP contribution in [-0.2, 0) is 11.2 Å². The molecule has 1 aromatic heterocycles. The smallest absolute Gasteiger partial charge is 0.337 e. The van der Waals surface area contributed by atoms with E-state index in [1.54, 1.807) is 0 Å². The Morgan fingerprint density at radius 2 is 2.05 bits per heavy atom. The minimum atomic E-state index is -0.513. The van der Waals surface area contributed by atoms with Crippen molar-refractivity contribution in [1.82, 2.24) is 4.98 Å². The maximum atomic E-state index is 13.5. The van der Waals surface area contributed by atoms with Crippen molar-refractivity contribution in [3.05, 3.63) is 65.0 Å². The quantitative estimate of drug-likeness (QED) is 0.799. The monoisotopic (exact) mass is 263 g/mol. The van der Waals surface area contributed by atoms with Gasteiger partial charge in [0.1, 0.15) is 11.6 Å². The number of esters is 1. The van der Waals surface area contributed by atoms with Crippen molar-refractivity contribution < 1.29 is 18.3 Å². The topological polar surface area (TPSA) is 39.2 Å². The van der Waals surface area contributed by atoms with E-state index in [1.807, 2.05) is 0 Å². The first kappa shape index (κ1) is 13.1. The second kappa shape index (κ2) is 5.56. The number of carbonyl (C=O) groups is 1. The number of benzene rings is 1. The molecule has 0 spiro atoms. The highest BCUT2D eigenvalue weighted by Crippen LogP contribution is 2.14. The van der Waals surface area contributed by atoms with Crippen LogP contribution in [0, 0.1) is 11.6 Å². The van der Waals surface area contributed by atoms with Crippen molar-refractivity contribution in [3.8, 4) is 0 Å². The van der Waals surface area contributed by atoms with Crippen molar-refractivity contribution >= 4 is 5.97 Å². The van der Waals surface area contributed by atoms with Gasteiger partial charge < -0.3 is 4.74 Å². The standard InChI is InChI=1S/C14H11F2NO2/c1-19-14(18)9-4-5-17-12(7-9)8-10-6-11(15)2-3-13(10)16/h2-7H,8H2,1H3. The van der Waals surface area contributed by atoms with Gasteiger partial charge in [-0.05, 0) is 35.9 Å². The number of nitrogens with zero attached hydrogens (tertiary/aromatic N) is 1. The number of halogens is 2. The van der Waals surface area contributed by atoms with Crippen LogP contribution in [0.25, 0.3) is 0 Å². The Bertz CT molecular complexity index is 614. The van der Waals surface area contributed by atoms with Gasteiger partial charge in [-0.25, -0.2) is 13.6 Å². The number of methoxy groups -OCH3 is 1. The molecule has 0 N–H and O–H groups in total. The molecule has 0 fully saturated rings. The first-order valence-electron chi connectivity index (χ1n) is 5.57. The fraction of sp³-hybridized carbons (Fsp3) is 0.143. The number of hydrogen-bond acceptors (Lipinski definition) is 3. The van der Waals surface area contributed by atoms with Crippen molar-refractivity contribution in [2.45, 2.75) is 6.42 Å². The summed E-state index contributed by atoms with van der Waals surface area (Å²) >= 11 is 0. The van der Waals surface area contributed by atoms with Gasteiger partial charge in [0, 0.05) is 18.3 Å². The minimum absolute atomic E-state index is 0.106. The lowest BCUT2D eigenvalue weighted by Gasteiger charge is -2.05. The normalized spacial score (nSPS) is 10.3. The first-order chi connectivity index (χ1) is 9.10. The van der Waals surface area contributed by atoms with Crippen LogP contribution >= 0.6 is 0 Å².